The Labute approximate surface area is 123 Å². The zero-order valence-electron chi connectivity index (χ0n) is 14.0. The standard InChI is InChI=1S/C16H32O4/c1-7-15(5,14(17)18)12-16(6,8-2)20-11-9-10-19-13(3)4/h13H,7-12H2,1-6H3,(H,17,18). The van der Waals surface area contributed by atoms with Gasteiger partial charge in [-0.05, 0) is 53.4 Å². The lowest BCUT2D eigenvalue weighted by molar-refractivity contribution is -0.154. The van der Waals surface area contributed by atoms with E-state index in [-0.39, 0.29) is 11.7 Å². The third kappa shape index (κ3) is 6.71. The van der Waals surface area contributed by atoms with E-state index in [1.807, 2.05) is 34.6 Å². The van der Waals surface area contributed by atoms with Crippen molar-refractivity contribution in [3.63, 3.8) is 0 Å². The maximum absolute atomic E-state index is 11.4. The van der Waals surface area contributed by atoms with Gasteiger partial charge in [0, 0.05) is 13.2 Å². The lowest BCUT2D eigenvalue weighted by Crippen LogP contribution is -2.39. The van der Waals surface area contributed by atoms with Gasteiger partial charge in [-0.1, -0.05) is 13.8 Å². The summed E-state index contributed by atoms with van der Waals surface area (Å²) in [7, 11) is 0. The number of carboxylic acids is 1. The summed E-state index contributed by atoms with van der Waals surface area (Å²) in [5.74, 6) is -0.744. The molecule has 0 aromatic carbocycles. The maximum atomic E-state index is 11.4. The van der Waals surface area contributed by atoms with Crippen molar-refractivity contribution in [1.29, 1.82) is 0 Å². The van der Waals surface area contributed by atoms with Crippen LogP contribution >= 0.6 is 0 Å². The van der Waals surface area contributed by atoms with Gasteiger partial charge in [-0.2, -0.15) is 0 Å². The van der Waals surface area contributed by atoms with Crippen LogP contribution in [0.25, 0.3) is 0 Å². The van der Waals surface area contributed by atoms with Crippen LogP contribution in [-0.4, -0.2) is 36.0 Å². The molecule has 0 aliphatic rings. The van der Waals surface area contributed by atoms with Crippen molar-refractivity contribution in [2.45, 2.75) is 78.9 Å². The maximum Gasteiger partial charge on any atom is 0.309 e. The van der Waals surface area contributed by atoms with Crippen molar-refractivity contribution in [2.75, 3.05) is 13.2 Å². The zero-order valence-corrected chi connectivity index (χ0v) is 14.0. The van der Waals surface area contributed by atoms with E-state index in [0.29, 0.717) is 26.1 Å². The topological polar surface area (TPSA) is 55.8 Å². The van der Waals surface area contributed by atoms with Crippen molar-refractivity contribution in [1.82, 2.24) is 0 Å². The first-order valence-electron chi connectivity index (χ1n) is 7.68. The van der Waals surface area contributed by atoms with Crippen LogP contribution in [0.1, 0.15) is 67.2 Å². The molecule has 0 aliphatic carbocycles. The van der Waals surface area contributed by atoms with Crippen molar-refractivity contribution in [3.8, 4) is 0 Å². The quantitative estimate of drug-likeness (QED) is 0.586. The molecule has 0 saturated heterocycles. The number of carboxylic acid groups (broad SMARTS) is 1. The molecule has 120 valence electrons. The van der Waals surface area contributed by atoms with Gasteiger partial charge in [0.25, 0.3) is 0 Å². The Morgan fingerprint density at radius 2 is 1.75 bits per heavy atom. The molecule has 2 atom stereocenters. The van der Waals surface area contributed by atoms with Gasteiger partial charge in [-0.15, -0.1) is 0 Å². The fraction of sp³-hybridized carbons (Fsp3) is 0.938. The van der Waals surface area contributed by atoms with Crippen molar-refractivity contribution < 1.29 is 19.4 Å². The van der Waals surface area contributed by atoms with Gasteiger partial charge < -0.3 is 14.6 Å². The highest BCUT2D eigenvalue weighted by Gasteiger charge is 2.39. The number of hydrogen-bond donors (Lipinski definition) is 1. The van der Waals surface area contributed by atoms with E-state index in [9.17, 15) is 9.90 Å². The number of hydrogen-bond acceptors (Lipinski definition) is 3. The molecule has 0 radical (unpaired) electrons. The van der Waals surface area contributed by atoms with Crippen LogP contribution in [0.2, 0.25) is 0 Å². The Balaban J connectivity index is 4.36. The number of ether oxygens (including phenoxy) is 2. The monoisotopic (exact) mass is 288 g/mol. The molecule has 4 nitrogen and oxygen atoms in total. The average Bonchev–Trinajstić information content (AvgIpc) is 2.37. The van der Waals surface area contributed by atoms with E-state index >= 15 is 0 Å². The molecule has 0 amide bonds. The van der Waals surface area contributed by atoms with Gasteiger partial charge in [0.15, 0.2) is 0 Å². The van der Waals surface area contributed by atoms with Crippen LogP contribution < -0.4 is 0 Å². The van der Waals surface area contributed by atoms with Crippen LogP contribution in [-0.2, 0) is 14.3 Å². The summed E-state index contributed by atoms with van der Waals surface area (Å²) in [4.78, 5) is 11.4. The lowest BCUT2D eigenvalue weighted by atomic mass is 9.76. The van der Waals surface area contributed by atoms with Gasteiger partial charge >= 0.3 is 5.97 Å². The summed E-state index contributed by atoms with van der Waals surface area (Å²) in [5, 5.41) is 9.39. The summed E-state index contributed by atoms with van der Waals surface area (Å²) in [6.07, 6.45) is 3.03. The van der Waals surface area contributed by atoms with Gasteiger partial charge in [0.1, 0.15) is 0 Å². The minimum atomic E-state index is -0.744. The summed E-state index contributed by atoms with van der Waals surface area (Å²) in [5.41, 5.74) is -1.11. The Morgan fingerprint density at radius 3 is 2.15 bits per heavy atom. The minimum Gasteiger partial charge on any atom is -0.481 e. The summed E-state index contributed by atoms with van der Waals surface area (Å²) in [6.45, 7) is 13.1. The minimum absolute atomic E-state index is 0.239. The SMILES string of the molecule is CCC(C)(CC(C)(CC)C(=O)O)OCCCOC(C)C. The predicted octanol–water partition coefficient (Wildman–Crippen LogP) is 3.88. The summed E-state index contributed by atoms with van der Waals surface area (Å²) >= 11 is 0. The Kier molecular flexibility index (Phi) is 8.36. The van der Waals surface area contributed by atoms with Crippen LogP contribution in [0, 0.1) is 5.41 Å². The second-order valence-electron chi connectivity index (χ2n) is 6.32. The Hall–Kier alpha value is -0.610. The third-order valence-corrected chi connectivity index (χ3v) is 4.00. The molecule has 0 aromatic heterocycles. The highest BCUT2D eigenvalue weighted by Crippen LogP contribution is 2.35. The van der Waals surface area contributed by atoms with Crippen molar-refractivity contribution >= 4 is 5.97 Å². The molecule has 0 fully saturated rings. The molecule has 0 bridgehead atoms. The molecule has 2 unspecified atom stereocenters. The van der Waals surface area contributed by atoms with Gasteiger partial charge in [-0.25, -0.2) is 0 Å². The smallest absolute Gasteiger partial charge is 0.309 e. The van der Waals surface area contributed by atoms with E-state index in [0.717, 1.165) is 12.8 Å². The van der Waals surface area contributed by atoms with Gasteiger partial charge in [-0.3, -0.25) is 4.79 Å². The van der Waals surface area contributed by atoms with E-state index in [1.54, 1.807) is 6.92 Å². The second kappa shape index (κ2) is 8.63. The fourth-order valence-corrected chi connectivity index (χ4v) is 2.15. The second-order valence-corrected chi connectivity index (χ2v) is 6.32. The van der Waals surface area contributed by atoms with Crippen molar-refractivity contribution in [3.05, 3.63) is 0 Å². The van der Waals surface area contributed by atoms with E-state index < -0.39 is 11.4 Å². The molecule has 1 N–H and O–H groups in total. The summed E-state index contributed by atoms with van der Waals surface area (Å²) in [6, 6.07) is 0. The number of rotatable bonds is 11. The largest absolute Gasteiger partial charge is 0.481 e. The van der Waals surface area contributed by atoms with E-state index in [2.05, 4.69) is 0 Å². The first-order chi connectivity index (χ1) is 9.19. The molecule has 0 rings (SSSR count). The fourth-order valence-electron chi connectivity index (χ4n) is 2.15. The molecule has 0 spiro atoms. The Morgan fingerprint density at radius 1 is 1.15 bits per heavy atom. The Bertz CT molecular complexity index is 290. The van der Waals surface area contributed by atoms with E-state index in [4.69, 9.17) is 9.47 Å². The van der Waals surface area contributed by atoms with Crippen molar-refractivity contribution in [2.24, 2.45) is 5.41 Å². The zero-order chi connectivity index (χ0) is 15.8. The molecule has 4 heteroatoms. The number of aliphatic carboxylic acids is 1. The molecular formula is C16H32O4. The molecule has 20 heavy (non-hydrogen) atoms. The van der Waals surface area contributed by atoms with Crippen LogP contribution in [0.5, 0.6) is 0 Å². The average molecular weight is 288 g/mol. The summed E-state index contributed by atoms with van der Waals surface area (Å²) < 4.78 is 11.4. The molecule has 0 aromatic rings. The van der Waals surface area contributed by atoms with Gasteiger partial charge in [0.2, 0.25) is 0 Å². The first-order valence-corrected chi connectivity index (χ1v) is 7.68. The van der Waals surface area contributed by atoms with Gasteiger partial charge in [0.05, 0.1) is 17.1 Å². The molecule has 0 heterocycles. The normalized spacial score (nSPS) is 17.8. The third-order valence-electron chi connectivity index (χ3n) is 4.00. The predicted molar refractivity (Wildman–Crippen MR) is 81.0 cm³/mol. The highest BCUT2D eigenvalue weighted by molar-refractivity contribution is 5.74. The lowest BCUT2D eigenvalue weighted by Gasteiger charge is -2.36. The van der Waals surface area contributed by atoms with E-state index in [1.165, 1.54) is 0 Å². The molecular weight excluding hydrogens is 256 g/mol. The molecule has 0 saturated carbocycles. The van der Waals surface area contributed by atoms with Crippen LogP contribution in [0.15, 0.2) is 0 Å². The number of carbonyl (C=O) groups is 1. The van der Waals surface area contributed by atoms with Crippen LogP contribution in [0.3, 0.4) is 0 Å². The highest BCUT2D eigenvalue weighted by atomic mass is 16.5. The first kappa shape index (κ1) is 19.4. The molecule has 0 aliphatic heterocycles. The van der Waals surface area contributed by atoms with Crippen LogP contribution in [0.4, 0.5) is 0 Å².